The molecule has 1 rings (SSSR count). The third kappa shape index (κ3) is 3.89. The monoisotopic (exact) mass is 306 g/mol. The van der Waals surface area contributed by atoms with Gasteiger partial charge in [-0.2, -0.15) is 0 Å². The van der Waals surface area contributed by atoms with Crippen LogP contribution in [0.1, 0.15) is 13.8 Å². The van der Waals surface area contributed by atoms with E-state index in [0.717, 1.165) is 0 Å². The minimum Gasteiger partial charge on any atom is -0.480 e. The van der Waals surface area contributed by atoms with Crippen molar-refractivity contribution in [3.05, 3.63) is 0 Å². The van der Waals surface area contributed by atoms with E-state index in [1.807, 2.05) is 0 Å². The summed E-state index contributed by atoms with van der Waals surface area (Å²) in [6.07, 6.45) is -4.86. The fourth-order valence-electron chi connectivity index (χ4n) is 2.43. The molecule has 1 heterocycles. The van der Waals surface area contributed by atoms with Gasteiger partial charge in [-0.05, 0) is 0 Å². The number of amides is 1. The van der Waals surface area contributed by atoms with Crippen LogP contribution in [0.5, 0.6) is 0 Å². The Kier molecular flexibility index (Phi) is 6.05. The Hall–Kier alpha value is -1.26. The van der Waals surface area contributed by atoms with Crippen LogP contribution in [-0.2, 0) is 14.3 Å². The van der Waals surface area contributed by atoms with E-state index in [4.69, 9.17) is 20.7 Å². The molecule has 1 aliphatic heterocycles. The Morgan fingerprint density at radius 2 is 1.90 bits per heavy atom. The Labute approximate surface area is 121 Å². The Bertz CT molecular complexity index is 392. The van der Waals surface area contributed by atoms with Crippen LogP contribution >= 0.6 is 0 Å². The van der Waals surface area contributed by atoms with Crippen molar-refractivity contribution in [3.63, 3.8) is 0 Å². The smallest absolute Gasteiger partial charge is 0.320 e. The predicted octanol–water partition coefficient (Wildman–Crippen LogP) is -2.98. The van der Waals surface area contributed by atoms with Crippen LogP contribution in [0.3, 0.4) is 0 Å². The maximum Gasteiger partial charge on any atom is 0.320 e. The van der Waals surface area contributed by atoms with Gasteiger partial charge >= 0.3 is 5.97 Å². The second-order valence-electron chi connectivity index (χ2n) is 5.25. The standard InChI is InChI=1S/C12H22N2O7/c1-4(7(13)12(19)20)11-8(14-5(2)16)10(18)9(17)6(3-15)21-11/h4,6-11,15,17-18H,3,13H2,1-2H3,(H,14,16)(H,19,20)/t4?,6-,7?,8-,9+,10-,11-/m1/s1. The minimum absolute atomic E-state index is 0.474. The van der Waals surface area contributed by atoms with E-state index in [1.165, 1.54) is 13.8 Å². The number of ether oxygens (including phenoxy) is 1. The summed E-state index contributed by atoms with van der Waals surface area (Å²) in [5, 5.41) is 40.5. The summed E-state index contributed by atoms with van der Waals surface area (Å²) in [6, 6.07) is -2.31. The van der Waals surface area contributed by atoms with Crippen LogP contribution in [0.25, 0.3) is 0 Å². The molecule has 0 saturated carbocycles. The number of carbonyl (C=O) groups excluding carboxylic acids is 1. The van der Waals surface area contributed by atoms with Crippen molar-refractivity contribution < 1.29 is 34.8 Å². The van der Waals surface area contributed by atoms with Gasteiger partial charge < -0.3 is 36.2 Å². The molecule has 7 N–H and O–H groups in total. The highest BCUT2D eigenvalue weighted by molar-refractivity contribution is 5.74. The number of hydrogen-bond donors (Lipinski definition) is 6. The molecule has 1 amide bonds. The largest absolute Gasteiger partial charge is 0.480 e. The number of hydrogen-bond acceptors (Lipinski definition) is 7. The van der Waals surface area contributed by atoms with Gasteiger partial charge in [0, 0.05) is 12.8 Å². The topological polar surface area (TPSA) is 162 Å². The van der Waals surface area contributed by atoms with Crippen molar-refractivity contribution in [2.24, 2.45) is 11.7 Å². The normalized spacial score (nSPS) is 35.8. The number of nitrogens with two attached hydrogens (primary N) is 1. The molecule has 0 spiro atoms. The predicted molar refractivity (Wildman–Crippen MR) is 70.1 cm³/mol. The quantitative estimate of drug-likeness (QED) is 0.313. The Morgan fingerprint density at radius 3 is 2.33 bits per heavy atom. The number of aliphatic hydroxyl groups excluding tert-OH is 3. The van der Waals surface area contributed by atoms with Gasteiger partial charge in [-0.3, -0.25) is 9.59 Å². The molecule has 9 heteroatoms. The molecular weight excluding hydrogens is 284 g/mol. The molecule has 0 aliphatic carbocycles. The van der Waals surface area contributed by atoms with E-state index in [-0.39, 0.29) is 0 Å². The van der Waals surface area contributed by atoms with Crippen LogP contribution in [-0.4, -0.2) is 75.4 Å². The number of carbonyl (C=O) groups is 2. The van der Waals surface area contributed by atoms with Gasteiger partial charge in [0.1, 0.15) is 24.4 Å². The summed E-state index contributed by atoms with van der Waals surface area (Å²) in [6.45, 7) is 2.16. The molecule has 1 aliphatic rings. The number of rotatable bonds is 5. The summed E-state index contributed by atoms with van der Waals surface area (Å²) < 4.78 is 5.45. The highest BCUT2D eigenvalue weighted by atomic mass is 16.5. The Morgan fingerprint density at radius 1 is 1.33 bits per heavy atom. The average molecular weight is 306 g/mol. The van der Waals surface area contributed by atoms with Crippen LogP contribution in [0.4, 0.5) is 0 Å². The van der Waals surface area contributed by atoms with Gasteiger partial charge in [-0.15, -0.1) is 0 Å². The molecular formula is C12H22N2O7. The van der Waals surface area contributed by atoms with E-state index in [1.54, 1.807) is 0 Å². The van der Waals surface area contributed by atoms with Crippen molar-refractivity contribution in [2.75, 3.05) is 6.61 Å². The SMILES string of the molecule is CC(=O)N[C@@H]1[C@@H](O)[C@@H](O)[C@@H](CO)O[C@@H]1C(C)C(N)C(=O)O. The zero-order valence-electron chi connectivity index (χ0n) is 11.8. The number of carboxylic acid groups (broad SMARTS) is 1. The first kappa shape index (κ1) is 17.8. The molecule has 7 atom stereocenters. The number of nitrogens with one attached hydrogen (secondary N) is 1. The highest BCUT2D eigenvalue weighted by Crippen LogP contribution is 2.27. The lowest BCUT2D eigenvalue weighted by Crippen LogP contribution is -2.67. The lowest BCUT2D eigenvalue weighted by molar-refractivity contribution is -0.208. The zero-order valence-corrected chi connectivity index (χ0v) is 11.8. The second-order valence-corrected chi connectivity index (χ2v) is 5.25. The molecule has 0 aromatic rings. The average Bonchev–Trinajstić information content (AvgIpc) is 2.42. The van der Waals surface area contributed by atoms with Gasteiger partial charge in [-0.25, -0.2) is 0 Å². The van der Waals surface area contributed by atoms with Crippen molar-refractivity contribution in [3.8, 4) is 0 Å². The fourth-order valence-corrected chi connectivity index (χ4v) is 2.43. The van der Waals surface area contributed by atoms with E-state index < -0.39 is 60.9 Å². The van der Waals surface area contributed by atoms with Gasteiger partial charge in [0.15, 0.2) is 0 Å². The maximum atomic E-state index is 11.2. The number of aliphatic carboxylic acids is 1. The lowest BCUT2D eigenvalue weighted by Gasteiger charge is -2.45. The van der Waals surface area contributed by atoms with E-state index in [0.29, 0.717) is 0 Å². The van der Waals surface area contributed by atoms with Gasteiger partial charge in [0.05, 0.1) is 18.8 Å². The third-order valence-corrected chi connectivity index (χ3v) is 3.70. The molecule has 0 bridgehead atoms. The van der Waals surface area contributed by atoms with Crippen LogP contribution in [0.2, 0.25) is 0 Å². The molecule has 0 aromatic heterocycles. The van der Waals surface area contributed by atoms with E-state index in [2.05, 4.69) is 5.32 Å². The summed E-state index contributed by atoms with van der Waals surface area (Å²) in [4.78, 5) is 22.2. The van der Waals surface area contributed by atoms with Crippen molar-refractivity contribution in [2.45, 2.75) is 50.3 Å². The molecule has 1 saturated heterocycles. The molecule has 1 fully saturated rings. The lowest BCUT2D eigenvalue weighted by atomic mass is 9.83. The number of aliphatic hydroxyl groups is 3. The van der Waals surface area contributed by atoms with E-state index >= 15 is 0 Å². The molecule has 0 aromatic carbocycles. The summed E-state index contributed by atoms with van der Waals surface area (Å²) >= 11 is 0. The molecule has 21 heavy (non-hydrogen) atoms. The molecule has 0 radical (unpaired) electrons. The van der Waals surface area contributed by atoms with Crippen LogP contribution in [0.15, 0.2) is 0 Å². The van der Waals surface area contributed by atoms with Crippen LogP contribution in [0, 0.1) is 5.92 Å². The number of carboxylic acids is 1. The zero-order chi connectivity index (χ0) is 16.3. The van der Waals surface area contributed by atoms with Gasteiger partial charge in [-0.1, -0.05) is 6.92 Å². The first-order valence-corrected chi connectivity index (χ1v) is 6.58. The summed E-state index contributed by atoms with van der Waals surface area (Å²) in [7, 11) is 0. The maximum absolute atomic E-state index is 11.2. The molecule has 2 unspecified atom stereocenters. The van der Waals surface area contributed by atoms with Gasteiger partial charge in [0.25, 0.3) is 0 Å². The van der Waals surface area contributed by atoms with Crippen molar-refractivity contribution in [1.82, 2.24) is 5.32 Å². The fraction of sp³-hybridized carbons (Fsp3) is 0.833. The third-order valence-electron chi connectivity index (χ3n) is 3.70. The highest BCUT2D eigenvalue weighted by Gasteiger charge is 2.48. The first-order chi connectivity index (χ1) is 9.70. The molecule has 122 valence electrons. The van der Waals surface area contributed by atoms with Crippen LogP contribution < -0.4 is 11.1 Å². The van der Waals surface area contributed by atoms with Crippen molar-refractivity contribution >= 4 is 11.9 Å². The van der Waals surface area contributed by atoms with Crippen molar-refractivity contribution in [1.29, 1.82) is 0 Å². The molecule has 9 nitrogen and oxygen atoms in total. The van der Waals surface area contributed by atoms with E-state index in [9.17, 15) is 19.8 Å². The minimum atomic E-state index is -1.41. The second kappa shape index (κ2) is 7.14. The first-order valence-electron chi connectivity index (χ1n) is 6.58. The summed E-state index contributed by atoms with van der Waals surface area (Å²) in [5.74, 6) is -2.50. The Balaban J connectivity index is 3.03. The summed E-state index contributed by atoms with van der Waals surface area (Å²) in [5.41, 5.74) is 5.55. The van der Waals surface area contributed by atoms with Gasteiger partial charge in [0.2, 0.25) is 5.91 Å².